The molecular weight excluding hydrogens is 296 g/mol. The number of pyridine rings is 1. The molecule has 23 heavy (non-hydrogen) atoms. The lowest BCUT2D eigenvalue weighted by molar-refractivity contribution is -0.137. The number of hydrogen-bond donors (Lipinski definition) is 2. The molecule has 0 saturated carbocycles. The Balaban J connectivity index is 2.12. The minimum Gasteiger partial charge on any atom is -0.480 e. The topological polar surface area (TPSA) is 88.5 Å². The van der Waals surface area contributed by atoms with Gasteiger partial charge < -0.3 is 15.2 Å². The lowest BCUT2D eigenvalue weighted by Crippen LogP contribution is -2.31. The molecule has 6 heteroatoms. The average molecular weight is 314 g/mol. The van der Waals surface area contributed by atoms with Crippen molar-refractivity contribution < 1.29 is 19.4 Å². The molecule has 2 N–H and O–H groups in total. The Hall–Kier alpha value is -2.89. The third-order valence-corrected chi connectivity index (χ3v) is 3.17. The van der Waals surface area contributed by atoms with E-state index in [4.69, 9.17) is 4.74 Å². The molecule has 0 bridgehead atoms. The summed E-state index contributed by atoms with van der Waals surface area (Å²) in [6.45, 7) is 1.98. The predicted octanol–water partition coefficient (Wildman–Crippen LogP) is 2.37. The summed E-state index contributed by atoms with van der Waals surface area (Å²) in [5.41, 5.74) is 1.64. The van der Waals surface area contributed by atoms with Gasteiger partial charge >= 0.3 is 11.9 Å². The Morgan fingerprint density at radius 3 is 2.65 bits per heavy atom. The first-order valence-corrected chi connectivity index (χ1v) is 7.25. The van der Waals surface area contributed by atoms with Crippen LogP contribution in [0.4, 0.5) is 5.69 Å². The monoisotopic (exact) mass is 314 g/mol. The Morgan fingerprint density at radius 2 is 2.00 bits per heavy atom. The van der Waals surface area contributed by atoms with Gasteiger partial charge in [0, 0.05) is 12.6 Å². The van der Waals surface area contributed by atoms with Crippen LogP contribution in [0.5, 0.6) is 0 Å². The highest BCUT2D eigenvalue weighted by atomic mass is 16.5. The van der Waals surface area contributed by atoms with Gasteiger partial charge in [0.2, 0.25) is 0 Å². The van der Waals surface area contributed by atoms with Gasteiger partial charge in [-0.05, 0) is 18.6 Å². The zero-order valence-corrected chi connectivity index (χ0v) is 12.7. The number of anilines is 1. The summed E-state index contributed by atoms with van der Waals surface area (Å²) < 4.78 is 4.91. The Kier molecular flexibility index (Phi) is 5.68. The SMILES string of the molecule is CCOC(=O)c1cncc(NC(Cc2ccccc2)C(=O)O)c1. The second-order valence-electron chi connectivity index (χ2n) is 4.91. The Labute approximate surface area is 134 Å². The first-order valence-electron chi connectivity index (χ1n) is 7.25. The van der Waals surface area contributed by atoms with Crippen LogP contribution < -0.4 is 5.32 Å². The van der Waals surface area contributed by atoms with Crippen molar-refractivity contribution >= 4 is 17.6 Å². The summed E-state index contributed by atoms with van der Waals surface area (Å²) in [6, 6.07) is 10.0. The van der Waals surface area contributed by atoms with E-state index in [1.807, 2.05) is 30.3 Å². The van der Waals surface area contributed by atoms with Crippen LogP contribution in [0.15, 0.2) is 48.8 Å². The number of hydrogen-bond acceptors (Lipinski definition) is 5. The molecule has 0 radical (unpaired) electrons. The molecule has 1 aromatic carbocycles. The summed E-state index contributed by atoms with van der Waals surface area (Å²) in [5, 5.41) is 12.3. The summed E-state index contributed by atoms with van der Waals surface area (Å²) in [4.78, 5) is 27.1. The van der Waals surface area contributed by atoms with Crippen LogP contribution in [0.1, 0.15) is 22.8 Å². The van der Waals surface area contributed by atoms with E-state index >= 15 is 0 Å². The number of carbonyl (C=O) groups excluding carboxylic acids is 1. The number of nitrogens with zero attached hydrogens (tertiary/aromatic N) is 1. The Bertz CT molecular complexity index is 673. The number of benzene rings is 1. The highest BCUT2D eigenvalue weighted by Crippen LogP contribution is 2.13. The van der Waals surface area contributed by atoms with Gasteiger partial charge in [-0.1, -0.05) is 30.3 Å². The molecule has 0 aliphatic carbocycles. The van der Waals surface area contributed by atoms with E-state index in [1.165, 1.54) is 18.5 Å². The van der Waals surface area contributed by atoms with E-state index in [0.717, 1.165) is 5.56 Å². The van der Waals surface area contributed by atoms with Gasteiger partial charge in [0.05, 0.1) is 24.1 Å². The van der Waals surface area contributed by atoms with Crippen molar-refractivity contribution in [2.45, 2.75) is 19.4 Å². The van der Waals surface area contributed by atoms with E-state index in [2.05, 4.69) is 10.3 Å². The van der Waals surface area contributed by atoms with E-state index < -0.39 is 18.0 Å². The van der Waals surface area contributed by atoms with Crippen LogP contribution >= 0.6 is 0 Å². The van der Waals surface area contributed by atoms with E-state index in [0.29, 0.717) is 12.1 Å². The number of aromatic nitrogens is 1. The van der Waals surface area contributed by atoms with Crippen LogP contribution in [0.2, 0.25) is 0 Å². The lowest BCUT2D eigenvalue weighted by Gasteiger charge is -2.16. The number of nitrogens with one attached hydrogen (secondary N) is 1. The van der Waals surface area contributed by atoms with Gasteiger partial charge in [-0.25, -0.2) is 9.59 Å². The average Bonchev–Trinajstić information content (AvgIpc) is 2.55. The fourth-order valence-electron chi connectivity index (χ4n) is 2.10. The summed E-state index contributed by atoms with van der Waals surface area (Å²) in [5.74, 6) is -1.46. The molecule has 0 aliphatic rings. The van der Waals surface area contributed by atoms with Gasteiger partial charge in [-0.15, -0.1) is 0 Å². The number of rotatable bonds is 7. The number of esters is 1. The number of carbonyl (C=O) groups is 2. The van der Waals surface area contributed by atoms with Gasteiger partial charge in [-0.2, -0.15) is 0 Å². The van der Waals surface area contributed by atoms with Crippen LogP contribution in [0.3, 0.4) is 0 Å². The zero-order valence-electron chi connectivity index (χ0n) is 12.7. The molecule has 0 saturated heterocycles. The molecule has 1 atom stereocenters. The van der Waals surface area contributed by atoms with Crippen molar-refractivity contribution in [2.24, 2.45) is 0 Å². The lowest BCUT2D eigenvalue weighted by atomic mass is 10.1. The van der Waals surface area contributed by atoms with Crippen LogP contribution in [-0.4, -0.2) is 34.7 Å². The maximum Gasteiger partial charge on any atom is 0.339 e. The minimum absolute atomic E-state index is 0.266. The molecule has 0 aliphatic heterocycles. The van der Waals surface area contributed by atoms with Crippen molar-refractivity contribution in [3.8, 4) is 0 Å². The molecule has 1 unspecified atom stereocenters. The van der Waals surface area contributed by atoms with E-state index in [1.54, 1.807) is 6.92 Å². The van der Waals surface area contributed by atoms with Gasteiger partial charge in [-0.3, -0.25) is 4.98 Å². The maximum atomic E-state index is 11.7. The molecular formula is C17H18N2O4. The molecule has 6 nitrogen and oxygen atoms in total. The molecule has 0 spiro atoms. The smallest absolute Gasteiger partial charge is 0.339 e. The molecule has 120 valence electrons. The van der Waals surface area contributed by atoms with Crippen LogP contribution in [0, 0.1) is 0 Å². The predicted molar refractivity (Wildman–Crippen MR) is 85.4 cm³/mol. The first-order chi connectivity index (χ1) is 11.1. The molecule has 2 rings (SSSR count). The quantitative estimate of drug-likeness (QED) is 0.763. The maximum absolute atomic E-state index is 11.7. The van der Waals surface area contributed by atoms with Gasteiger partial charge in [0.15, 0.2) is 0 Å². The van der Waals surface area contributed by atoms with Gasteiger partial charge in [0.25, 0.3) is 0 Å². The standard InChI is InChI=1S/C17H18N2O4/c1-2-23-17(22)13-9-14(11-18-10-13)19-15(16(20)21)8-12-6-4-3-5-7-12/h3-7,9-11,15,19H,2,8H2,1H3,(H,20,21). The van der Waals surface area contributed by atoms with Crippen molar-refractivity contribution in [3.63, 3.8) is 0 Å². The zero-order chi connectivity index (χ0) is 16.7. The van der Waals surface area contributed by atoms with Crippen molar-refractivity contribution in [2.75, 3.05) is 11.9 Å². The second-order valence-corrected chi connectivity index (χ2v) is 4.91. The Morgan fingerprint density at radius 1 is 1.26 bits per heavy atom. The van der Waals surface area contributed by atoms with Crippen LogP contribution in [0.25, 0.3) is 0 Å². The summed E-state index contributed by atoms with van der Waals surface area (Å²) in [6.07, 6.45) is 3.18. The normalized spacial score (nSPS) is 11.5. The fraction of sp³-hybridized carbons (Fsp3) is 0.235. The first kappa shape index (κ1) is 16.5. The van der Waals surface area contributed by atoms with E-state index in [-0.39, 0.29) is 12.2 Å². The number of carboxylic acids is 1. The summed E-state index contributed by atoms with van der Waals surface area (Å²) in [7, 11) is 0. The third kappa shape index (κ3) is 4.81. The summed E-state index contributed by atoms with van der Waals surface area (Å²) >= 11 is 0. The molecule has 0 fully saturated rings. The highest BCUT2D eigenvalue weighted by molar-refractivity contribution is 5.90. The second kappa shape index (κ2) is 7.93. The van der Waals surface area contributed by atoms with E-state index in [9.17, 15) is 14.7 Å². The molecule has 1 aromatic heterocycles. The number of carboxylic acid groups (broad SMARTS) is 1. The molecule has 1 heterocycles. The van der Waals surface area contributed by atoms with Crippen molar-refractivity contribution in [3.05, 3.63) is 59.9 Å². The van der Waals surface area contributed by atoms with Crippen molar-refractivity contribution in [1.82, 2.24) is 4.98 Å². The molecule has 2 aromatic rings. The largest absolute Gasteiger partial charge is 0.480 e. The molecule has 0 amide bonds. The minimum atomic E-state index is -0.976. The third-order valence-electron chi connectivity index (χ3n) is 3.17. The fourth-order valence-corrected chi connectivity index (χ4v) is 2.10. The number of aliphatic carboxylic acids is 1. The number of ether oxygens (including phenoxy) is 1. The van der Waals surface area contributed by atoms with Crippen LogP contribution in [-0.2, 0) is 16.0 Å². The highest BCUT2D eigenvalue weighted by Gasteiger charge is 2.18. The van der Waals surface area contributed by atoms with Gasteiger partial charge in [0.1, 0.15) is 6.04 Å². The van der Waals surface area contributed by atoms with Crippen molar-refractivity contribution in [1.29, 1.82) is 0 Å².